The molecule has 0 aromatic carbocycles. The molecule has 0 aromatic heterocycles. The average Bonchev–Trinajstić information content (AvgIpc) is 2.62. The maximum Gasteiger partial charge on any atom is 0.149 e. The zero-order chi connectivity index (χ0) is 8.72. The lowest BCUT2D eigenvalue weighted by Gasteiger charge is -2.21. The third-order valence-electron chi connectivity index (χ3n) is 3.50. The number of carbonyl (C=O) groups excluding carboxylic acids is 1. The van der Waals surface area contributed by atoms with Gasteiger partial charge in [0.1, 0.15) is 5.78 Å². The molecule has 12 heavy (non-hydrogen) atoms. The van der Waals surface area contributed by atoms with Crippen LogP contribution < -0.4 is 0 Å². The van der Waals surface area contributed by atoms with Crippen molar-refractivity contribution in [3.05, 3.63) is 0 Å². The van der Waals surface area contributed by atoms with E-state index in [0.29, 0.717) is 11.7 Å². The Hall–Kier alpha value is 0.150. The summed E-state index contributed by atoms with van der Waals surface area (Å²) in [6, 6.07) is 0. The molecule has 0 aliphatic heterocycles. The first-order valence-electron chi connectivity index (χ1n) is 4.86. The summed E-state index contributed by atoms with van der Waals surface area (Å²) < 4.78 is 0. The number of hydrogen-bond donors (Lipinski definition) is 0. The van der Waals surface area contributed by atoms with Crippen molar-refractivity contribution in [2.24, 2.45) is 17.8 Å². The molecule has 4 unspecified atom stereocenters. The van der Waals surface area contributed by atoms with Crippen molar-refractivity contribution in [1.82, 2.24) is 0 Å². The molecule has 2 aliphatic carbocycles. The van der Waals surface area contributed by atoms with Gasteiger partial charge >= 0.3 is 0 Å². The van der Waals surface area contributed by atoms with E-state index in [1.165, 1.54) is 25.7 Å². The maximum atomic E-state index is 11.7. The first-order chi connectivity index (χ1) is 5.68. The van der Waals surface area contributed by atoms with Gasteiger partial charge in [0.15, 0.2) is 0 Å². The van der Waals surface area contributed by atoms with Crippen LogP contribution in [0.4, 0.5) is 0 Å². The lowest BCUT2D eigenvalue weighted by Crippen LogP contribution is -2.26. The van der Waals surface area contributed by atoms with Crippen molar-refractivity contribution < 1.29 is 4.79 Å². The summed E-state index contributed by atoms with van der Waals surface area (Å²) in [5.41, 5.74) is 0. The molecule has 0 spiro atoms. The first-order valence-corrected chi connectivity index (χ1v) is 5.78. The second-order valence-corrected chi connectivity index (χ2v) is 5.67. The number of hydrogen-bond acceptors (Lipinski definition) is 1. The monoisotopic (exact) mass is 230 g/mol. The van der Waals surface area contributed by atoms with Gasteiger partial charge in [-0.05, 0) is 38.0 Å². The van der Waals surface area contributed by atoms with Crippen molar-refractivity contribution in [1.29, 1.82) is 0 Å². The topological polar surface area (TPSA) is 17.1 Å². The average molecular weight is 231 g/mol. The van der Waals surface area contributed by atoms with Crippen LogP contribution in [0.1, 0.15) is 32.6 Å². The minimum atomic E-state index is 0.0712. The van der Waals surface area contributed by atoms with Gasteiger partial charge in [-0.15, -0.1) is 0 Å². The van der Waals surface area contributed by atoms with Crippen LogP contribution in [0.3, 0.4) is 0 Å². The highest BCUT2D eigenvalue weighted by Crippen LogP contribution is 2.49. The van der Waals surface area contributed by atoms with E-state index in [4.69, 9.17) is 0 Å². The highest BCUT2D eigenvalue weighted by atomic mass is 79.9. The molecule has 2 fully saturated rings. The van der Waals surface area contributed by atoms with Gasteiger partial charge in [0.25, 0.3) is 0 Å². The SMILES string of the molecule is CC(Br)C(=O)C1CC2CCC1C2. The van der Waals surface area contributed by atoms with Crippen molar-refractivity contribution in [3.63, 3.8) is 0 Å². The Bertz CT molecular complexity index is 200. The van der Waals surface area contributed by atoms with Crippen LogP contribution in [0.5, 0.6) is 0 Å². The summed E-state index contributed by atoms with van der Waals surface area (Å²) in [5, 5.41) is 0. The number of Topliss-reactive ketones (excluding diaryl/α,β-unsaturated/α-hetero) is 1. The fourth-order valence-corrected chi connectivity index (χ4v) is 3.23. The quantitative estimate of drug-likeness (QED) is 0.668. The van der Waals surface area contributed by atoms with Crippen LogP contribution in [-0.4, -0.2) is 10.6 Å². The second kappa shape index (κ2) is 3.13. The third kappa shape index (κ3) is 1.34. The number of fused-ring (bicyclic) bond motifs is 2. The Morgan fingerprint density at radius 1 is 1.42 bits per heavy atom. The minimum Gasteiger partial charge on any atom is -0.298 e. The Morgan fingerprint density at radius 2 is 2.17 bits per heavy atom. The summed E-state index contributed by atoms with van der Waals surface area (Å²) in [6.45, 7) is 1.95. The van der Waals surface area contributed by atoms with Crippen LogP contribution in [0.2, 0.25) is 0 Å². The van der Waals surface area contributed by atoms with E-state index in [9.17, 15) is 4.79 Å². The summed E-state index contributed by atoms with van der Waals surface area (Å²) in [7, 11) is 0. The molecule has 2 saturated carbocycles. The zero-order valence-corrected chi connectivity index (χ0v) is 9.01. The summed E-state index contributed by atoms with van der Waals surface area (Å²) in [5.74, 6) is 2.47. The predicted octanol–water partition coefficient (Wildman–Crippen LogP) is 2.78. The maximum absolute atomic E-state index is 11.7. The summed E-state index contributed by atoms with van der Waals surface area (Å²) in [6.07, 6.45) is 5.20. The van der Waals surface area contributed by atoms with Gasteiger partial charge in [0.05, 0.1) is 4.83 Å². The van der Waals surface area contributed by atoms with Crippen molar-refractivity contribution in [2.45, 2.75) is 37.4 Å². The lowest BCUT2D eigenvalue weighted by atomic mass is 9.85. The molecule has 68 valence electrons. The standard InChI is InChI=1S/C10H15BrO/c1-6(11)10(12)9-5-7-2-3-8(9)4-7/h6-9H,2-5H2,1H3. The van der Waals surface area contributed by atoms with Gasteiger partial charge in [-0.25, -0.2) is 0 Å². The Kier molecular flexibility index (Phi) is 2.28. The van der Waals surface area contributed by atoms with Gasteiger partial charge in [0.2, 0.25) is 0 Å². The molecule has 4 atom stereocenters. The molecule has 0 saturated heterocycles. The molecule has 0 radical (unpaired) electrons. The lowest BCUT2D eigenvalue weighted by molar-refractivity contribution is -0.123. The van der Waals surface area contributed by atoms with Gasteiger partial charge < -0.3 is 0 Å². The van der Waals surface area contributed by atoms with Gasteiger partial charge in [-0.3, -0.25) is 4.79 Å². The van der Waals surface area contributed by atoms with E-state index in [-0.39, 0.29) is 4.83 Å². The highest BCUT2D eigenvalue weighted by Gasteiger charge is 2.43. The molecule has 0 N–H and O–H groups in total. The van der Waals surface area contributed by atoms with Crippen molar-refractivity contribution >= 4 is 21.7 Å². The van der Waals surface area contributed by atoms with Crippen LogP contribution in [-0.2, 0) is 4.79 Å². The first kappa shape index (κ1) is 8.74. The summed E-state index contributed by atoms with van der Waals surface area (Å²) >= 11 is 3.37. The van der Waals surface area contributed by atoms with Gasteiger partial charge in [-0.1, -0.05) is 22.4 Å². The Labute approximate surface area is 82.0 Å². The largest absolute Gasteiger partial charge is 0.298 e. The van der Waals surface area contributed by atoms with Gasteiger partial charge in [0, 0.05) is 5.92 Å². The van der Waals surface area contributed by atoms with Gasteiger partial charge in [-0.2, -0.15) is 0 Å². The van der Waals surface area contributed by atoms with Crippen LogP contribution in [0, 0.1) is 17.8 Å². The van der Waals surface area contributed by atoms with E-state index < -0.39 is 0 Å². The third-order valence-corrected chi connectivity index (χ3v) is 3.95. The smallest absolute Gasteiger partial charge is 0.149 e. The number of carbonyl (C=O) groups is 1. The minimum absolute atomic E-state index is 0.0712. The van der Waals surface area contributed by atoms with Crippen LogP contribution >= 0.6 is 15.9 Å². The van der Waals surface area contributed by atoms with Crippen LogP contribution in [0.15, 0.2) is 0 Å². The molecule has 2 aliphatic rings. The normalized spacial score (nSPS) is 41.7. The summed E-state index contributed by atoms with van der Waals surface area (Å²) in [4.78, 5) is 11.8. The zero-order valence-electron chi connectivity index (χ0n) is 7.42. The van der Waals surface area contributed by atoms with Crippen LogP contribution in [0.25, 0.3) is 0 Å². The molecular weight excluding hydrogens is 216 g/mol. The fraction of sp³-hybridized carbons (Fsp3) is 0.900. The molecular formula is C10H15BrO. The molecule has 2 rings (SSSR count). The predicted molar refractivity (Wildman–Crippen MR) is 52.3 cm³/mol. The number of halogens is 1. The fourth-order valence-electron chi connectivity index (χ4n) is 2.89. The highest BCUT2D eigenvalue weighted by molar-refractivity contribution is 9.10. The second-order valence-electron chi connectivity index (χ2n) is 4.30. The number of ketones is 1. The van der Waals surface area contributed by atoms with Crippen molar-refractivity contribution in [3.8, 4) is 0 Å². The Morgan fingerprint density at radius 3 is 2.58 bits per heavy atom. The van der Waals surface area contributed by atoms with Crippen molar-refractivity contribution in [2.75, 3.05) is 0 Å². The molecule has 1 nitrogen and oxygen atoms in total. The van der Waals surface area contributed by atoms with E-state index in [0.717, 1.165) is 11.8 Å². The number of rotatable bonds is 2. The molecule has 2 bridgehead atoms. The Balaban J connectivity index is 2.02. The molecule has 0 heterocycles. The van der Waals surface area contributed by atoms with E-state index in [2.05, 4.69) is 15.9 Å². The van der Waals surface area contributed by atoms with E-state index in [1.807, 2.05) is 6.92 Å². The van der Waals surface area contributed by atoms with E-state index >= 15 is 0 Å². The molecule has 0 aromatic rings. The molecule has 2 heteroatoms. The molecule has 0 amide bonds. The van der Waals surface area contributed by atoms with E-state index in [1.54, 1.807) is 0 Å². The number of alkyl halides is 1.